The smallest absolute Gasteiger partial charge is 0.335 e. The van der Waals surface area contributed by atoms with Crippen molar-refractivity contribution in [1.29, 1.82) is 0 Å². The number of aliphatic hydroxyl groups excluding tert-OH is 1. The van der Waals surface area contributed by atoms with Gasteiger partial charge in [0.05, 0.1) is 6.61 Å². The molecule has 0 aliphatic carbocycles. The van der Waals surface area contributed by atoms with E-state index >= 15 is 0 Å². The van der Waals surface area contributed by atoms with Crippen LogP contribution in [0.2, 0.25) is 0 Å². The highest BCUT2D eigenvalue weighted by Gasteiger charge is 2.31. The van der Waals surface area contributed by atoms with Crippen LogP contribution in [-0.4, -0.2) is 40.8 Å². The summed E-state index contributed by atoms with van der Waals surface area (Å²) in [6.45, 7) is 2.10. The molecule has 0 rings (SSSR count). The van der Waals surface area contributed by atoms with E-state index in [0.717, 1.165) is 0 Å². The Balaban J connectivity index is 4.21. The fourth-order valence-corrected chi connectivity index (χ4v) is 0.537. The Morgan fingerprint density at radius 3 is 2.42 bits per heavy atom. The number of ether oxygens (including phenoxy) is 1. The van der Waals surface area contributed by atoms with Crippen molar-refractivity contribution in [2.75, 3.05) is 6.61 Å². The largest absolute Gasteiger partial charge is 0.479 e. The molecule has 0 spiro atoms. The Hall–Kier alpha value is -0.940. The SMILES string of the molecule is CC(C)(OC(C=O)CO)C(=O)O. The topological polar surface area (TPSA) is 83.8 Å². The van der Waals surface area contributed by atoms with Crippen LogP contribution in [0.5, 0.6) is 0 Å². The van der Waals surface area contributed by atoms with Gasteiger partial charge in [0.15, 0.2) is 11.9 Å². The van der Waals surface area contributed by atoms with Crippen LogP contribution in [0, 0.1) is 0 Å². The lowest BCUT2D eigenvalue weighted by Gasteiger charge is -2.22. The van der Waals surface area contributed by atoms with E-state index in [-0.39, 0.29) is 0 Å². The maximum atomic E-state index is 10.5. The van der Waals surface area contributed by atoms with E-state index in [1.807, 2.05) is 0 Å². The third-order valence-electron chi connectivity index (χ3n) is 1.29. The number of aldehydes is 1. The third-order valence-corrected chi connectivity index (χ3v) is 1.29. The lowest BCUT2D eigenvalue weighted by atomic mass is 10.1. The molecule has 2 N–H and O–H groups in total. The summed E-state index contributed by atoms with van der Waals surface area (Å²) >= 11 is 0. The van der Waals surface area contributed by atoms with Crippen molar-refractivity contribution in [3.8, 4) is 0 Å². The molecule has 1 unspecified atom stereocenters. The summed E-state index contributed by atoms with van der Waals surface area (Å²) in [6, 6.07) is 0. The fourth-order valence-electron chi connectivity index (χ4n) is 0.537. The maximum absolute atomic E-state index is 10.5. The van der Waals surface area contributed by atoms with Crippen molar-refractivity contribution in [2.45, 2.75) is 25.6 Å². The highest BCUT2D eigenvalue weighted by atomic mass is 16.5. The molecule has 0 heterocycles. The van der Waals surface area contributed by atoms with Crippen molar-refractivity contribution >= 4 is 12.3 Å². The number of carboxylic acid groups (broad SMARTS) is 1. The quantitative estimate of drug-likeness (QED) is 0.548. The first-order valence-corrected chi connectivity index (χ1v) is 3.41. The molecular formula is C7H12O5. The van der Waals surface area contributed by atoms with Gasteiger partial charge in [-0.3, -0.25) is 0 Å². The maximum Gasteiger partial charge on any atom is 0.335 e. The predicted molar refractivity (Wildman–Crippen MR) is 39.7 cm³/mol. The summed E-state index contributed by atoms with van der Waals surface area (Å²) in [5.74, 6) is -1.18. The predicted octanol–water partition coefficient (Wildman–Crippen LogP) is -0.574. The van der Waals surface area contributed by atoms with Gasteiger partial charge in [0.1, 0.15) is 6.10 Å². The molecule has 5 nitrogen and oxygen atoms in total. The number of hydrogen-bond acceptors (Lipinski definition) is 4. The standard InChI is InChI=1S/C7H12O5/c1-7(2,6(10)11)12-5(3-8)4-9/h3,5,9H,4H2,1-2H3,(H,10,11). The Bertz CT molecular complexity index is 175. The minimum absolute atomic E-state index is 0.366. The molecule has 0 aliphatic rings. The van der Waals surface area contributed by atoms with Crippen LogP contribution in [0.1, 0.15) is 13.8 Å². The molecule has 0 amide bonds. The van der Waals surface area contributed by atoms with E-state index in [4.69, 9.17) is 14.9 Å². The van der Waals surface area contributed by atoms with Crippen LogP contribution in [0.25, 0.3) is 0 Å². The van der Waals surface area contributed by atoms with Gasteiger partial charge in [-0.05, 0) is 13.8 Å². The van der Waals surface area contributed by atoms with Crippen LogP contribution in [0.4, 0.5) is 0 Å². The van der Waals surface area contributed by atoms with E-state index < -0.39 is 24.3 Å². The molecule has 12 heavy (non-hydrogen) atoms. The summed E-state index contributed by atoms with van der Waals surface area (Å²) in [5, 5.41) is 17.1. The van der Waals surface area contributed by atoms with E-state index in [1.54, 1.807) is 0 Å². The first-order chi connectivity index (χ1) is 5.44. The highest BCUT2D eigenvalue weighted by molar-refractivity contribution is 5.76. The van der Waals surface area contributed by atoms with Gasteiger partial charge in [-0.25, -0.2) is 4.79 Å². The molecule has 0 fully saturated rings. The van der Waals surface area contributed by atoms with Crippen LogP contribution in [0.15, 0.2) is 0 Å². The van der Waals surface area contributed by atoms with Crippen molar-refractivity contribution < 1.29 is 24.5 Å². The lowest BCUT2D eigenvalue weighted by Crippen LogP contribution is -2.40. The van der Waals surface area contributed by atoms with Gasteiger partial charge in [-0.15, -0.1) is 0 Å². The van der Waals surface area contributed by atoms with Crippen LogP contribution < -0.4 is 0 Å². The minimum atomic E-state index is -1.45. The van der Waals surface area contributed by atoms with Gasteiger partial charge >= 0.3 is 5.97 Å². The van der Waals surface area contributed by atoms with Gasteiger partial charge < -0.3 is 19.7 Å². The number of carbonyl (C=O) groups excluding carboxylic acids is 1. The minimum Gasteiger partial charge on any atom is -0.479 e. The van der Waals surface area contributed by atoms with E-state index in [0.29, 0.717) is 6.29 Å². The van der Waals surface area contributed by atoms with Crippen LogP contribution >= 0.6 is 0 Å². The molecule has 0 bridgehead atoms. The molecule has 5 heteroatoms. The van der Waals surface area contributed by atoms with Crippen molar-refractivity contribution in [2.24, 2.45) is 0 Å². The Labute approximate surface area is 70.0 Å². The number of carboxylic acids is 1. The van der Waals surface area contributed by atoms with E-state index in [2.05, 4.69) is 0 Å². The Morgan fingerprint density at radius 1 is 1.67 bits per heavy atom. The van der Waals surface area contributed by atoms with Gasteiger partial charge in [-0.2, -0.15) is 0 Å². The second-order valence-corrected chi connectivity index (χ2v) is 2.79. The lowest BCUT2D eigenvalue weighted by molar-refractivity contribution is -0.170. The number of hydrogen-bond donors (Lipinski definition) is 2. The summed E-state index contributed by atoms with van der Waals surface area (Å²) < 4.78 is 4.78. The average Bonchev–Trinajstić information content (AvgIpc) is 2.00. The summed E-state index contributed by atoms with van der Waals surface area (Å²) in [4.78, 5) is 20.6. The van der Waals surface area contributed by atoms with E-state index in [1.165, 1.54) is 13.8 Å². The molecule has 70 valence electrons. The monoisotopic (exact) mass is 176 g/mol. The summed E-state index contributed by atoms with van der Waals surface area (Å²) in [7, 11) is 0. The number of carbonyl (C=O) groups is 2. The normalized spacial score (nSPS) is 13.9. The first kappa shape index (κ1) is 11.1. The summed E-state index contributed by atoms with van der Waals surface area (Å²) in [6.07, 6.45) is -0.707. The molecule has 0 aromatic heterocycles. The van der Waals surface area contributed by atoms with Gasteiger partial charge in [0.2, 0.25) is 0 Å². The van der Waals surface area contributed by atoms with E-state index in [9.17, 15) is 9.59 Å². The van der Waals surface area contributed by atoms with Crippen molar-refractivity contribution in [1.82, 2.24) is 0 Å². The average molecular weight is 176 g/mol. The van der Waals surface area contributed by atoms with Gasteiger partial charge in [0, 0.05) is 0 Å². The highest BCUT2D eigenvalue weighted by Crippen LogP contribution is 2.11. The second-order valence-electron chi connectivity index (χ2n) is 2.79. The Kier molecular flexibility index (Phi) is 3.85. The Morgan fingerprint density at radius 2 is 2.17 bits per heavy atom. The third kappa shape index (κ3) is 2.98. The van der Waals surface area contributed by atoms with Crippen LogP contribution in [0.3, 0.4) is 0 Å². The van der Waals surface area contributed by atoms with Crippen LogP contribution in [-0.2, 0) is 14.3 Å². The second kappa shape index (κ2) is 4.18. The van der Waals surface area contributed by atoms with Gasteiger partial charge in [0.25, 0.3) is 0 Å². The number of rotatable bonds is 5. The number of aliphatic carboxylic acids is 1. The zero-order valence-corrected chi connectivity index (χ0v) is 6.98. The molecule has 0 radical (unpaired) electrons. The molecule has 0 aliphatic heterocycles. The van der Waals surface area contributed by atoms with Gasteiger partial charge in [-0.1, -0.05) is 0 Å². The van der Waals surface area contributed by atoms with Crippen molar-refractivity contribution in [3.05, 3.63) is 0 Å². The molecule has 0 saturated carbocycles. The molecule has 0 aromatic carbocycles. The summed E-state index contributed by atoms with van der Waals surface area (Å²) in [5.41, 5.74) is -1.45. The molecular weight excluding hydrogens is 164 g/mol. The van der Waals surface area contributed by atoms with Crippen molar-refractivity contribution in [3.63, 3.8) is 0 Å². The number of aliphatic hydroxyl groups is 1. The first-order valence-electron chi connectivity index (χ1n) is 3.41. The fraction of sp³-hybridized carbons (Fsp3) is 0.714. The molecule has 0 saturated heterocycles. The zero-order chi connectivity index (χ0) is 9.78. The zero-order valence-electron chi connectivity index (χ0n) is 6.98. The molecule has 1 atom stereocenters. The molecule has 0 aromatic rings.